The Hall–Kier alpha value is -5.62. The molecule has 0 rings (SSSR count). The quantitative estimate of drug-likeness (QED) is 0.0245. The number of carboxylic acids is 6. The maximum absolute atomic E-state index is 10.6. The van der Waals surface area contributed by atoms with Gasteiger partial charge in [-0.1, -0.05) is 6.92 Å². The number of carboxylic acid groups (broad SMARTS) is 6. The highest BCUT2D eigenvalue weighted by atomic mass is 31.1. The molecule has 0 bridgehead atoms. The van der Waals surface area contributed by atoms with Crippen molar-refractivity contribution in [2.24, 2.45) is 0 Å². The van der Waals surface area contributed by atoms with E-state index in [1.54, 1.807) is 21.1 Å². The third-order valence-electron chi connectivity index (χ3n) is 6.39. The molecule has 0 aromatic heterocycles. The molecule has 0 saturated heterocycles. The van der Waals surface area contributed by atoms with Crippen molar-refractivity contribution in [2.75, 3.05) is 81.9 Å². The van der Waals surface area contributed by atoms with E-state index in [9.17, 15) is 57.5 Å². The van der Waals surface area contributed by atoms with Gasteiger partial charge in [0.2, 0.25) is 0 Å². The first-order chi connectivity index (χ1) is 32.8. The van der Waals surface area contributed by atoms with Gasteiger partial charge < -0.3 is 75.0 Å². The first-order valence-electron chi connectivity index (χ1n) is 21.3. The summed E-state index contributed by atoms with van der Waals surface area (Å²) in [5.74, 6) is -7.15. The SMILES string of the molecule is CC(=O)OCCCC(=O)O.CC(=O)OCCCCOC(C)=O.CNCCC(=O)O.CNCCC(=O)O.CNCCC(=O)O.COC(=O)CCC(=O)O.COC(=O)CCC(=O)O.COC(=O)CCC(C)(P)P. The zero-order valence-electron chi connectivity index (χ0n) is 42.6. The van der Waals surface area contributed by atoms with Crippen LogP contribution in [0.5, 0.6) is 0 Å². The summed E-state index contributed by atoms with van der Waals surface area (Å²) in [6.45, 7) is 8.71. The average Bonchev–Trinajstić information content (AvgIpc) is 3.27. The lowest BCUT2D eigenvalue weighted by molar-refractivity contribution is -0.145. The lowest BCUT2D eigenvalue weighted by Crippen LogP contribution is -2.11. The van der Waals surface area contributed by atoms with Crippen molar-refractivity contribution in [1.29, 1.82) is 0 Å². The van der Waals surface area contributed by atoms with Crippen LogP contribution < -0.4 is 16.0 Å². The number of nitrogens with one attached hydrogen (secondary N) is 3. The van der Waals surface area contributed by atoms with E-state index in [0.717, 1.165) is 19.3 Å². The van der Waals surface area contributed by atoms with Gasteiger partial charge in [-0.15, -0.1) is 18.5 Å². The number of carbonyl (C=O) groups excluding carboxylic acids is 6. The highest BCUT2D eigenvalue weighted by Crippen LogP contribution is 2.30. The summed E-state index contributed by atoms with van der Waals surface area (Å²) in [6, 6.07) is 0. The fourth-order valence-corrected chi connectivity index (χ4v) is 3.16. The van der Waals surface area contributed by atoms with Crippen molar-refractivity contribution in [3.8, 4) is 0 Å². The molecule has 27 nitrogen and oxygen atoms in total. The number of hydrogen-bond acceptors (Lipinski definition) is 21. The van der Waals surface area contributed by atoms with Crippen molar-refractivity contribution in [3.05, 3.63) is 0 Å². The Kier molecular flexibility index (Phi) is 72.3. The predicted molar refractivity (Wildman–Crippen MR) is 261 cm³/mol. The maximum atomic E-state index is 10.6. The smallest absolute Gasteiger partial charge is 0.306 e. The van der Waals surface area contributed by atoms with Crippen LogP contribution in [0.25, 0.3) is 0 Å². The van der Waals surface area contributed by atoms with Crippen molar-refractivity contribution in [1.82, 2.24) is 16.0 Å². The van der Waals surface area contributed by atoms with E-state index in [1.807, 2.05) is 6.92 Å². The molecule has 2 unspecified atom stereocenters. The van der Waals surface area contributed by atoms with E-state index < -0.39 is 47.8 Å². The summed E-state index contributed by atoms with van der Waals surface area (Å²) in [4.78, 5) is 120. The monoisotopic (exact) mass is 1070 g/mol. The van der Waals surface area contributed by atoms with E-state index in [0.29, 0.717) is 45.7 Å². The molecule has 2 atom stereocenters. The minimum Gasteiger partial charge on any atom is -0.481 e. The summed E-state index contributed by atoms with van der Waals surface area (Å²) in [7, 11) is 14.4. The van der Waals surface area contributed by atoms with Crippen LogP contribution in [-0.2, 0) is 86.0 Å². The number of ether oxygens (including phenoxy) is 6. The Morgan fingerprint density at radius 1 is 0.394 bits per heavy atom. The Bertz CT molecular complexity index is 1360. The van der Waals surface area contributed by atoms with Crippen LogP contribution in [0.15, 0.2) is 0 Å². The molecule has 0 fully saturated rings. The van der Waals surface area contributed by atoms with Gasteiger partial charge in [0.15, 0.2) is 0 Å². The molecule has 0 aromatic carbocycles. The van der Waals surface area contributed by atoms with Crippen LogP contribution >= 0.6 is 18.5 Å². The number of hydrogen-bond donors (Lipinski definition) is 9. The topological polar surface area (TPSA) is 418 Å². The van der Waals surface area contributed by atoms with Gasteiger partial charge in [0.1, 0.15) is 0 Å². The molecule has 29 heteroatoms. The molecule has 0 aromatic rings. The summed E-state index contributed by atoms with van der Waals surface area (Å²) < 4.78 is 26.7. The first-order valence-corrected chi connectivity index (χ1v) is 22.4. The number of rotatable bonds is 27. The minimum absolute atomic E-state index is 0.0489. The Morgan fingerprint density at radius 3 is 0.817 bits per heavy atom. The molecule has 9 N–H and O–H groups in total. The van der Waals surface area contributed by atoms with E-state index >= 15 is 0 Å². The zero-order chi connectivity index (χ0) is 57.2. The van der Waals surface area contributed by atoms with Crippen LogP contribution in [0.3, 0.4) is 0 Å². The minimum atomic E-state index is -0.986. The fourth-order valence-electron chi connectivity index (χ4n) is 2.87. The number of methoxy groups -OCH3 is 3. The van der Waals surface area contributed by atoms with Gasteiger partial charge in [-0.3, -0.25) is 57.5 Å². The molecule has 71 heavy (non-hydrogen) atoms. The van der Waals surface area contributed by atoms with Crippen molar-refractivity contribution in [2.45, 2.75) is 116 Å². The van der Waals surface area contributed by atoms with Gasteiger partial charge in [0.25, 0.3) is 0 Å². The summed E-state index contributed by atoms with van der Waals surface area (Å²) in [5, 5.41) is 56.4. The van der Waals surface area contributed by atoms with Gasteiger partial charge in [-0.25, -0.2) is 0 Å². The molecular formula is C42H81N3O24P2. The Labute approximate surface area is 419 Å². The second-order valence-electron chi connectivity index (χ2n) is 13.5. The van der Waals surface area contributed by atoms with Crippen LogP contribution in [0.1, 0.15) is 111 Å². The molecule has 0 saturated carbocycles. The summed E-state index contributed by atoms with van der Waals surface area (Å²) in [5.41, 5.74) is 0. The van der Waals surface area contributed by atoms with Gasteiger partial charge in [0.05, 0.1) is 86.1 Å². The predicted octanol–water partition coefficient (Wildman–Crippen LogP) is 1.80. The molecule has 0 aliphatic rings. The van der Waals surface area contributed by atoms with Gasteiger partial charge in [-0.05, 0) is 51.7 Å². The molecular weight excluding hydrogens is 992 g/mol. The highest BCUT2D eigenvalue weighted by Gasteiger charge is 2.13. The van der Waals surface area contributed by atoms with Crippen molar-refractivity contribution in [3.63, 3.8) is 0 Å². The first kappa shape index (κ1) is 82.3. The standard InChI is InChI=1S/C8H14O4.C6H10O4.C6H14O2P2.2C5H8O4.3C4H9NO2/c1-7(9)11-5-3-4-6-12-8(2)10;1-5(7)10-4-2-3-6(8)9;1-6(9,10)4-3-5(7)8-2;2*1-9-5(8)3-2-4(6)7;3*1-5-3-2-4(6)7/h3-6H2,1-2H3;2-4H2,1H3,(H,8,9);3-4,9-10H2,1-2H3;2*2-3H2,1H3,(H,6,7);3*5H,2-3H2,1H3,(H,6,7). The van der Waals surface area contributed by atoms with Crippen LogP contribution in [0.4, 0.5) is 0 Å². The Morgan fingerprint density at radius 2 is 0.634 bits per heavy atom. The third-order valence-corrected chi connectivity index (χ3v) is 6.97. The molecule has 0 amide bonds. The number of aliphatic carboxylic acids is 6. The average molecular weight is 1070 g/mol. The normalized spacial score (nSPS) is 9.13. The Balaban J connectivity index is -0.000000107. The van der Waals surface area contributed by atoms with Gasteiger partial charge in [-0.2, -0.15) is 0 Å². The van der Waals surface area contributed by atoms with Crippen LogP contribution in [0.2, 0.25) is 0 Å². The third kappa shape index (κ3) is 127. The molecule has 0 aliphatic carbocycles. The lowest BCUT2D eigenvalue weighted by Gasteiger charge is -2.15. The largest absolute Gasteiger partial charge is 0.481 e. The summed E-state index contributed by atoms with van der Waals surface area (Å²) in [6.07, 6.45) is 3.39. The van der Waals surface area contributed by atoms with Gasteiger partial charge >= 0.3 is 71.6 Å². The number of unbranched alkanes of at least 4 members (excludes halogenated alkanes) is 1. The van der Waals surface area contributed by atoms with E-state index in [1.165, 1.54) is 42.1 Å². The fraction of sp³-hybridized carbons (Fsp3) is 0.714. The molecule has 0 radical (unpaired) electrons. The van der Waals surface area contributed by atoms with Crippen molar-refractivity contribution < 1.29 is 117 Å². The van der Waals surface area contributed by atoms with Gasteiger partial charge in [0, 0.05) is 53.2 Å². The van der Waals surface area contributed by atoms with E-state index in [2.05, 4.69) is 62.9 Å². The van der Waals surface area contributed by atoms with E-state index in [4.69, 9.17) is 30.6 Å². The molecule has 0 aliphatic heterocycles. The van der Waals surface area contributed by atoms with E-state index in [-0.39, 0.29) is 86.7 Å². The molecule has 0 heterocycles. The highest BCUT2D eigenvalue weighted by molar-refractivity contribution is 7.39. The van der Waals surface area contributed by atoms with Crippen LogP contribution in [-0.4, -0.2) is 189 Å². The molecule has 418 valence electrons. The number of carbonyl (C=O) groups is 12. The molecule has 0 spiro atoms. The second kappa shape index (κ2) is 62.4. The summed E-state index contributed by atoms with van der Waals surface area (Å²) >= 11 is 0. The van der Waals surface area contributed by atoms with Crippen molar-refractivity contribution >= 4 is 90.1 Å². The second-order valence-corrected chi connectivity index (χ2v) is 16.8. The maximum Gasteiger partial charge on any atom is 0.306 e. The number of esters is 6. The zero-order valence-corrected chi connectivity index (χ0v) is 44.9. The lowest BCUT2D eigenvalue weighted by atomic mass is 10.2. The van der Waals surface area contributed by atoms with Crippen LogP contribution in [0, 0.1) is 0 Å².